The number of aryl methyl sites for hydroxylation is 1. The fourth-order valence-electron chi connectivity index (χ4n) is 3.99. The number of rotatable bonds is 3. The maximum absolute atomic E-state index is 7.37. The molecule has 0 bridgehead atoms. The lowest BCUT2D eigenvalue weighted by molar-refractivity contribution is 0.643. The van der Waals surface area contributed by atoms with E-state index in [0.29, 0.717) is 11.9 Å². The van der Waals surface area contributed by atoms with E-state index >= 15 is 0 Å². The van der Waals surface area contributed by atoms with Gasteiger partial charge in [0.2, 0.25) is 5.65 Å². The first-order valence-electron chi connectivity index (χ1n) is 9.32. The lowest BCUT2D eigenvalue weighted by Gasteiger charge is -2.07. The molecule has 7 nitrogen and oxygen atoms in total. The van der Waals surface area contributed by atoms with Crippen LogP contribution in [0.15, 0.2) is 36.8 Å². The molecular formula is C20H17N7. The zero-order valence-corrected chi connectivity index (χ0v) is 14.7. The van der Waals surface area contributed by atoms with Crippen molar-refractivity contribution in [2.75, 3.05) is 0 Å². The van der Waals surface area contributed by atoms with Gasteiger partial charge in [-0.15, -0.1) is 0 Å². The van der Waals surface area contributed by atoms with Crippen LogP contribution in [0.3, 0.4) is 0 Å². The van der Waals surface area contributed by atoms with Crippen molar-refractivity contribution in [2.24, 2.45) is 0 Å². The molecule has 0 saturated heterocycles. The van der Waals surface area contributed by atoms with Gasteiger partial charge in [0.15, 0.2) is 0 Å². The highest BCUT2D eigenvalue weighted by atomic mass is 15.3. The Bertz CT molecular complexity index is 1230. The molecule has 0 amide bonds. The van der Waals surface area contributed by atoms with E-state index < -0.39 is 0 Å². The van der Waals surface area contributed by atoms with Gasteiger partial charge in [-0.25, -0.2) is 14.4 Å². The summed E-state index contributed by atoms with van der Waals surface area (Å²) < 4.78 is 6.23. The maximum Gasteiger partial charge on any atom is 0.254 e. The summed E-state index contributed by atoms with van der Waals surface area (Å²) in [5, 5.41) is 4.80. The average molecular weight is 355 g/mol. The molecule has 4 aromatic heterocycles. The summed E-state index contributed by atoms with van der Waals surface area (Å²) in [6.45, 7) is 8.34. The molecule has 1 saturated carbocycles. The summed E-state index contributed by atoms with van der Waals surface area (Å²) >= 11 is 0. The molecule has 7 heteroatoms. The molecule has 0 spiro atoms. The van der Waals surface area contributed by atoms with Gasteiger partial charge in [0.1, 0.15) is 17.2 Å². The molecule has 0 atom stereocenters. The molecule has 27 heavy (non-hydrogen) atoms. The Morgan fingerprint density at radius 1 is 1.19 bits per heavy atom. The van der Waals surface area contributed by atoms with Crippen LogP contribution in [0.4, 0.5) is 5.82 Å². The molecule has 132 valence electrons. The van der Waals surface area contributed by atoms with E-state index in [1.807, 2.05) is 16.7 Å². The van der Waals surface area contributed by atoms with Gasteiger partial charge in [-0.05, 0) is 31.4 Å². The van der Waals surface area contributed by atoms with Gasteiger partial charge >= 0.3 is 0 Å². The standard InChI is InChI=1S/C20H17N7/c1-21-18-11-22-16-7-4-13(12-26(16)18)20-19(23-17-3-2-9-25(17)20)15-8-10-27(24-15)14-5-6-14/h4,7-8,10-12,14H,2-3,5-6,9H2. The zero-order chi connectivity index (χ0) is 18.0. The predicted molar refractivity (Wildman–Crippen MR) is 100 cm³/mol. The Morgan fingerprint density at radius 2 is 2.11 bits per heavy atom. The van der Waals surface area contributed by atoms with E-state index in [4.69, 9.17) is 16.7 Å². The molecule has 1 aliphatic heterocycles. The number of imidazole rings is 2. The second-order valence-corrected chi connectivity index (χ2v) is 7.27. The summed E-state index contributed by atoms with van der Waals surface area (Å²) in [7, 11) is 0. The van der Waals surface area contributed by atoms with Crippen LogP contribution in [0.25, 0.3) is 33.1 Å². The quantitative estimate of drug-likeness (QED) is 0.524. The zero-order valence-electron chi connectivity index (χ0n) is 14.7. The van der Waals surface area contributed by atoms with Crippen LogP contribution in [0.5, 0.6) is 0 Å². The Hall–Kier alpha value is -3.40. The summed E-state index contributed by atoms with van der Waals surface area (Å²) in [6, 6.07) is 6.66. The van der Waals surface area contributed by atoms with E-state index in [1.54, 1.807) is 6.20 Å². The molecule has 2 aliphatic rings. The molecule has 0 N–H and O–H groups in total. The van der Waals surface area contributed by atoms with Crippen LogP contribution in [0, 0.1) is 6.57 Å². The number of hydrogen-bond acceptors (Lipinski definition) is 3. The van der Waals surface area contributed by atoms with Crippen LogP contribution in [-0.2, 0) is 13.0 Å². The van der Waals surface area contributed by atoms with Crippen molar-refractivity contribution in [1.29, 1.82) is 0 Å². The molecule has 4 aromatic rings. The van der Waals surface area contributed by atoms with Gasteiger partial charge in [-0.1, -0.05) is 6.57 Å². The highest BCUT2D eigenvalue weighted by Gasteiger charge is 2.28. The summed E-state index contributed by atoms with van der Waals surface area (Å²) in [4.78, 5) is 12.8. The van der Waals surface area contributed by atoms with Crippen molar-refractivity contribution in [2.45, 2.75) is 38.3 Å². The number of nitrogens with zero attached hydrogens (tertiary/aromatic N) is 7. The number of pyridine rings is 1. The monoisotopic (exact) mass is 355 g/mol. The van der Waals surface area contributed by atoms with Crippen LogP contribution in [0.1, 0.15) is 31.1 Å². The Morgan fingerprint density at radius 3 is 2.96 bits per heavy atom. The van der Waals surface area contributed by atoms with Crippen LogP contribution in [0.2, 0.25) is 0 Å². The van der Waals surface area contributed by atoms with Gasteiger partial charge < -0.3 is 9.41 Å². The molecule has 5 heterocycles. The fourth-order valence-corrected chi connectivity index (χ4v) is 3.99. The third-order valence-corrected chi connectivity index (χ3v) is 5.47. The lowest BCUT2D eigenvalue weighted by atomic mass is 10.1. The third-order valence-electron chi connectivity index (χ3n) is 5.47. The Balaban J connectivity index is 1.56. The normalized spacial score (nSPS) is 16.0. The van der Waals surface area contributed by atoms with E-state index in [9.17, 15) is 0 Å². The Labute approximate surface area is 155 Å². The van der Waals surface area contributed by atoms with Gasteiger partial charge in [0, 0.05) is 30.8 Å². The highest BCUT2D eigenvalue weighted by molar-refractivity contribution is 5.78. The minimum absolute atomic E-state index is 0.521. The smallest absolute Gasteiger partial charge is 0.254 e. The minimum atomic E-state index is 0.521. The van der Waals surface area contributed by atoms with Crippen molar-refractivity contribution in [3.05, 3.63) is 54.0 Å². The number of hydrogen-bond donors (Lipinski definition) is 0. The van der Waals surface area contributed by atoms with Crippen LogP contribution in [-0.4, -0.2) is 28.7 Å². The second kappa shape index (κ2) is 5.30. The first kappa shape index (κ1) is 14.7. The maximum atomic E-state index is 7.37. The van der Waals surface area contributed by atoms with E-state index in [0.717, 1.165) is 53.5 Å². The minimum Gasteiger partial charge on any atom is -0.362 e. The second-order valence-electron chi connectivity index (χ2n) is 7.27. The van der Waals surface area contributed by atoms with E-state index in [2.05, 4.69) is 37.4 Å². The highest BCUT2D eigenvalue weighted by Crippen LogP contribution is 2.38. The first-order chi connectivity index (χ1) is 13.3. The van der Waals surface area contributed by atoms with Crippen molar-refractivity contribution < 1.29 is 0 Å². The average Bonchev–Trinajstić information content (AvgIpc) is 3.08. The van der Waals surface area contributed by atoms with E-state index in [1.165, 1.54) is 12.8 Å². The molecule has 0 aromatic carbocycles. The molecule has 6 rings (SSSR count). The van der Waals surface area contributed by atoms with Crippen molar-refractivity contribution in [3.8, 4) is 22.6 Å². The summed E-state index contributed by atoms with van der Waals surface area (Å²) in [5.74, 6) is 1.64. The number of aromatic nitrogens is 6. The Kier molecular flexibility index (Phi) is 2.89. The van der Waals surface area contributed by atoms with E-state index in [-0.39, 0.29) is 0 Å². The van der Waals surface area contributed by atoms with Gasteiger partial charge in [0.25, 0.3) is 5.82 Å². The van der Waals surface area contributed by atoms with Crippen molar-refractivity contribution in [1.82, 2.24) is 28.7 Å². The fraction of sp³-hybridized carbons (Fsp3) is 0.300. The predicted octanol–water partition coefficient (Wildman–Crippen LogP) is 3.89. The lowest BCUT2D eigenvalue weighted by Crippen LogP contribution is -1.98. The molecular weight excluding hydrogens is 338 g/mol. The molecule has 1 fully saturated rings. The largest absolute Gasteiger partial charge is 0.362 e. The topological polar surface area (TPSA) is 57.3 Å². The summed E-state index contributed by atoms with van der Waals surface area (Å²) in [6.07, 6.45) is 10.2. The van der Waals surface area contributed by atoms with Gasteiger partial charge in [-0.2, -0.15) is 5.10 Å². The van der Waals surface area contributed by atoms with Crippen molar-refractivity contribution in [3.63, 3.8) is 0 Å². The number of fused-ring (bicyclic) bond motifs is 2. The van der Waals surface area contributed by atoms with Crippen molar-refractivity contribution >= 4 is 11.5 Å². The summed E-state index contributed by atoms with van der Waals surface area (Å²) in [5.41, 5.74) is 4.78. The molecule has 0 radical (unpaired) electrons. The third kappa shape index (κ3) is 2.16. The van der Waals surface area contributed by atoms with Crippen LogP contribution >= 0.6 is 0 Å². The molecule has 1 aliphatic carbocycles. The van der Waals surface area contributed by atoms with Gasteiger partial charge in [-0.3, -0.25) is 4.68 Å². The first-order valence-corrected chi connectivity index (χ1v) is 9.32. The SMILES string of the molecule is [C-]#[N+]c1cnc2ccc(-c3c(-c4ccn(C5CC5)n4)nc4n3CCC4)cn12. The van der Waals surface area contributed by atoms with Gasteiger partial charge in [0.05, 0.1) is 24.1 Å². The molecule has 0 unspecified atom stereocenters. The van der Waals surface area contributed by atoms with Crippen LogP contribution < -0.4 is 0 Å².